The summed E-state index contributed by atoms with van der Waals surface area (Å²) in [7, 11) is 0. The Morgan fingerprint density at radius 2 is 1.83 bits per heavy atom. The number of hydrogen-bond donors (Lipinski definition) is 2. The smallest absolute Gasteiger partial charge is 0.338 e. The molecule has 0 spiro atoms. The molecule has 0 unspecified atom stereocenters. The van der Waals surface area contributed by atoms with Crippen LogP contribution in [0.25, 0.3) is 10.9 Å². The van der Waals surface area contributed by atoms with Crippen LogP contribution < -0.4 is 10.2 Å². The second kappa shape index (κ2) is 8.50. The number of anilines is 1. The standard InChI is InChI=1S/C23H30N2O5/c1-5-18(26)19-16-12-11-15(24-20(27)14-9-7-6-8-10-14)13-17(16)25(21(19)28)30-22(29)23(2,3)4/h11-14,28H,5-10H2,1-4H3,(H,24,27). The molecule has 2 N–H and O–H groups in total. The quantitative estimate of drug-likeness (QED) is 0.704. The van der Waals surface area contributed by atoms with Gasteiger partial charge in [-0.2, -0.15) is 0 Å². The highest BCUT2D eigenvalue weighted by atomic mass is 16.7. The van der Waals surface area contributed by atoms with Crippen LogP contribution in [0.1, 0.15) is 76.6 Å². The van der Waals surface area contributed by atoms with Gasteiger partial charge in [-0.05, 0) is 51.8 Å². The molecule has 1 aliphatic carbocycles. The highest BCUT2D eigenvalue weighted by molar-refractivity contribution is 6.11. The van der Waals surface area contributed by atoms with Gasteiger partial charge in [-0.15, -0.1) is 4.73 Å². The van der Waals surface area contributed by atoms with Gasteiger partial charge in [0.2, 0.25) is 11.8 Å². The lowest BCUT2D eigenvalue weighted by molar-refractivity contribution is -0.153. The van der Waals surface area contributed by atoms with Gasteiger partial charge < -0.3 is 15.3 Å². The first-order valence-electron chi connectivity index (χ1n) is 10.6. The third-order valence-corrected chi connectivity index (χ3v) is 5.53. The van der Waals surface area contributed by atoms with E-state index in [2.05, 4.69) is 5.32 Å². The lowest BCUT2D eigenvalue weighted by atomic mass is 9.88. The number of aromatic nitrogens is 1. The monoisotopic (exact) mass is 414 g/mol. The van der Waals surface area contributed by atoms with Crippen LogP contribution in [0.4, 0.5) is 5.69 Å². The summed E-state index contributed by atoms with van der Waals surface area (Å²) in [6.07, 6.45) is 5.22. The maximum absolute atomic E-state index is 12.6. The van der Waals surface area contributed by atoms with Crippen molar-refractivity contribution in [3.05, 3.63) is 23.8 Å². The first-order chi connectivity index (χ1) is 14.1. The first-order valence-corrected chi connectivity index (χ1v) is 10.6. The van der Waals surface area contributed by atoms with Crippen molar-refractivity contribution in [3.63, 3.8) is 0 Å². The summed E-state index contributed by atoms with van der Waals surface area (Å²) < 4.78 is 0.988. The SMILES string of the molecule is CCC(=O)c1c(O)n(OC(=O)C(C)(C)C)c2cc(NC(=O)C3CCCCC3)ccc12. The fourth-order valence-corrected chi connectivity index (χ4v) is 3.70. The zero-order chi connectivity index (χ0) is 22.1. The molecule has 7 nitrogen and oxygen atoms in total. The summed E-state index contributed by atoms with van der Waals surface area (Å²) >= 11 is 0. The van der Waals surface area contributed by atoms with E-state index < -0.39 is 17.3 Å². The molecule has 1 saturated carbocycles. The molecule has 1 fully saturated rings. The van der Waals surface area contributed by atoms with Crippen molar-refractivity contribution in [2.24, 2.45) is 11.3 Å². The fourth-order valence-electron chi connectivity index (χ4n) is 3.70. The van der Waals surface area contributed by atoms with E-state index in [1.807, 2.05) is 0 Å². The van der Waals surface area contributed by atoms with Gasteiger partial charge in [0.25, 0.3) is 0 Å². The summed E-state index contributed by atoms with van der Waals surface area (Å²) in [4.78, 5) is 42.9. The molecule has 1 aromatic heterocycles. The number of rotatable bonds is 5. The van der Waals surface area contributed by atoms with E-state index in [0.717, 1.165) is 36.8 Å². The Labute approximate surface area is 176 Å². The van der Waals surface area contributed by atoms with Crippen molar-refractivity contribution >= 4 is 34.3 Å². The third kappa shape index (κ3) is 4.35. The van der Waals surface area contributed by atoms with Gasteiger partial charge in [0.05, 0.1) is 16.5 Å². The number of Topliss-reactive ketones (excluding diaryl/α,β-unsaturated/α-hetero) is 1. The molecule has 1 aromatic carbocycles. The molecule has 162 valence electrons. The number of carbonyl (C=O) groups excluding carboxylic acids is 3. The van der Waals surface area contributed by atoms with E-state index in [0.29, 0.717) is 16.6 Å². The Hall–Kier alpha value is -2.83. The van der Waals surface area contributed by atoms with E-state index in [4.69, 9.17) is 4.84 Å². The normalized spacial score (nSPS) is 15.2. The van der Waals surface area contributed by atoms with Crippen LogP contribution in [0, 0.1) is 11.3 Å². The molecule has 0 bridgehead atoms. The highest BCUT2D eigenvalue weighted by Gasteiger charge is 2.29. The molecule has 0 saturated heterocycles. The number of amides is 1. The number of nitrogens with zero attached hydrogens (tertiary/aromatic N) is 1. The van der Waals surface area contributed by atoms with Gasteiger partial charge in [0, 0.05) is 23.4 Å². The maximum atomic E-state index is 12.6. The van der Waals surface area contributed by atoms with Crippen molar-refractivity contribution in [2.75, 3.05) is 5.32 Å². The molecule has 30 heavy (non-hydrogen) atoms. The van der Waals surface area contributed by atoms with Gasteiger partial charge in [-0.25, -0.2) is 4.79 Å². The minimum absolute atomic E-state index is 0.00872. The molecular formula is C23H30N2O5. The number of aromatic hydroxyl groups is 1. The molecule has 7 heteroatoms. The van der Waals surface area contributed by atoms with E-state index in [-0.39, 0.29) is 29.6 Å². The van der Waals surface area contributed by atoms with Crippen LogP contribution in [0.5, 0.6) is 5.88 Å². The molecule has 2 aromatic rings. The maximum Gasteiger partial charge on any atom is 0.338 e. The van der Waals surface area contributed by atoms with E-state index in [9.17, 15) is 19.5 Å². The van der Waals surface area contributed by atoms with Gasteiger partial charge in [0.1, 0.15) is 0 Å². The van der Waals surface area contributed by atoms with Crippen LogP contribution in [-0.4, -0.2) is 27.5 Å². The van der Waals surface area contributed by atoms with Crippen LogP contribution >= 0.6 is 0 Å². The Morgan fingerprint density at radius 3 is 2.43 bits per heavy atom. The Balaban J connectivity index is 2.01. The largest absolute Gasteiger partial charge is 0.492 e. The van der Waals surface area contributed by atoms with Crippen LogP contribution in [0.3, 0.4) is 0 Å². The minimum Gasteiger partial charge on any atom is -0.492 e. The molecule has 1 heterocycles. The Bertz CT molecular complexity index is 978. The molecule has 1 amide bonds. The van der Waals surface area contributed by atoms with Crippen molar-refractivity contribution in [1.82, 2.24) is 4.73 Å². The summed E-state index contributed by atoms with van der Waals surface area (Å²) in [6, 6.07) is 4.98. The van der Waals surface area contributed by atoms with Crippen LogP contribution in [0.15, 0.2) is 18.2 Å². The number of nitrogens with one attached hydrogen (secondary N) is 1. The molecule has 0 aliphatic heterocycles. The number of ketones is 1. The van der Waals surface area contributed by atoms with Gasteiger partial charge in [-0.1, -0.05) is 26.2 Å². The van der Waals surface area contributed by atoms with E-state index in [1.54, 1.807) is 45.9 Å². The number of fused-ring (bicyclic) bond motifs is 1. The minimum atomic E-state index is -0.801. The average molecular weight is 415 g/mol. The lowest BCUT2D eigenvalue weighted by Gasteiger charge is -2.21. The second-order valence-electron chi connectivity index (χ2n) is 8.95. The average Bonchev–Trinajstić information content (AvgIpc) is 2.98. The Morgan fingerprint density at radius 1 is 1.17 bits per heavy atom. The molecule has 0 atom stereocenters. The third-order valence-electron chi connectivity index (χ3n) is 5.53. The van der Waals surface area contributed by atoms with Gasteiger partial charge in [-0.3, -0.25) is 9.59 Å². The molecule has 0 radical (unpaired) electrons. The predicted molar refractivity (Wildman–Crippen MR) is 114 cm³/mol. The van der Waals surface area contributed by atoms with Crippen molar-refractivity contribution in [1.29, 1.82) is 0 Å². The molecule has 1 aliphatic rings. The second-order valence-corrected chi connectivity index (χ2v) is 8.95. The zero-order valence-corrected chi connectivity index (χ0v) is 18.1. The van der Waals surface area contributed by atoms with Crippen molar-refractivity contribution in [3.8, 4) is 5.88 Å². The highest BCUT2D eigenvalue weighted by Crippen LogP contribution is 2.34. The van der Waals surface area contributed by atoms with Gasteiger partial charge in [0.15, 0.2) is 5.78 Å². The van der Waals surface area contributed by atoms with Crippen molar-refractivity contribution in [2.45, 2.75) is 66.2 Å². The molecule has 3 rings (SSSR count). The summed E-state index contributed by atoms with van der Waals surface area (Å²) in [6.45, 7) is 6.80. The lowest BCUT2D eigenvalue weighted by Crippen LogP contribution is -2.31. The summed E-state index contributed by atoms with van der Waals surface area (Å²) in [5.74, 6) is -1.27. The summed E-state index contributed by atoms with van der Waals surface area (Å²) in [5.41, 5.74) is 0.187. The fraction of sp³-hybridized carbons (Fsp3) is 0.522. The Kier molecular flexibility index (Phi) is 6.19. The molecular weight excluding hydrogens is 384 g/mol. The van der Waals surface area contributed by atoms with E-state index >= 15 is 0 Å². The van der Waals surface area contributed by atoms with Crippen LogP contribution in [0.2, 0.25) is 0 Å². The number of carbonyl (C=O) groups is 3. The topological polar surface area (TPSA) is 97.6 Å². The number of hydrogen-bond acceptors (Lipinski definition) is 5. The van der Waals surface area contributed by atoms with Crippen LogP contribution in [-0.2, 0) is 9.59 Å². The summed E-state index contributed by atoms with van der Waals surface area (Å²) in [5, 5.41) is 14.1. The van der Waals surface area contributed by atoms with Gasteiger partial charge >= 0.3 is 5.97 Å². The zero-order valence-electron chi connectivity index (χ0n) is 18.1. The predicted octanol–water partition coefficient (Wildman–Crippen LogP) is 4.46. The first kappa shape index (κ1) is 21.9. The number of benzene rings is 1. The van der Waals surface area contributed by atoms with E-state index in [1.165, 1.54) is 0 Å². The van der Waals surface area contributed by atoms with Crippen molar-refractivity contribution < 1.29 is 24.3 Å².